The minimum atomic E-state index is -0.0779. The fourth-order valence-electron chi connectivity index (χ4n) is 3.40. The Hall–Kier alpha value is -2.80. The van der Waals surface area contributed by atoms with Crippen LogP contribution in [0.3, 0.4) is 0 Å². The van der Waals surface area contributed by atoms with E-state index in [9.17, 15) is 4.79 Å². The van der Waals surface area contributed by atoms with Crippen LogP contribution in [0.15, 0.2) is 48.1 Å². The van der Waals surface area contributed by atoms with E-state index in [0.717, 1.165) is 53.6 Å². The van der Waals surface area contributed by atoms with Crippen molar-refractivity contribution in [2.24, 2.45) is 0 Å². The lowest BCUT2D eigenvalue weighted by Crippen LogP contribution is -2.41. The average molecular weight is 379 g/mol. The van der Waals surface area contributed by atoms with Gasteiger partial charge in [-0.3, -0.25) is 0 Å². The van der Waals surface area contributed by atoms with Crippen LogP contribution in [-0.2, 0) is 0 Å². The number of hydrogen-bond acceptors (Lipinski definition) is 5. The second-order valence-corrected chi connectivity index (χ2v) is 7.50. The van der Waals surface area contributed by atoms with Crippen LogP contribution in [-0.4, -0.2) is 32.4 Å². The fraction of sp³-hybridized carbons (Fsp3) is 0.300. The van der Waals surface area contributed by atoms with Crippen molar-refractivity contribution in [1.82, 2.24) is 19.9 Å². The third-order valence-corrected chi connectivity index (χ3v) is 5.56. The Morgan fingerprint density at radius 3 is 2.96 bits per heavy atom. The quantitative estimate of drug-likeness (QED) is 0.718. The number of nitrogens with one attached hydrogen (secondary N) is 1. The minimum Gasteiger partial charge on any atom is -0.315 e. The van der Waals surface area contributed by atoms with Gasteiger partial charge in [-0.15, -0.1) is 11.3 Å². The van der Waals surface area contributed by atoms with Crippen LogP contribution >= 0.6 is 11.3 Å². The predicted molar refractivity (Wildman–Crippen MR) is 107 cm³/mol. The molecular formula is C20H21N5OS. The highest BCUT2D eigenvalue weighted by molar-refractivity contribution is 7.09. The number of urea groups is 1. The van der Waals surface area contributed by atoms with Gasteiger partial charge in [-0.2, -0.15) is 0 Å². The number of thiazole rings is 1. The average Bonchev–Trinajstić information content (AvgIpc) is 3.23. The van der Waals surface area contributed by atoms with Gasteiger partial charge in [0.05, 0.1) is 11.7 Å². The van der Waals surface area contributed by atoms with Crippen molar-refractivity contribution in [3.8, 4) is 11.3 Å². The van der Waals surface area contributed by atoms with E-state index < -0.39 is 0 Å². The SMILES string of the molecule is Cc1nccc(-c2cccc(NC(=O)N3CCCC[C@H]3c3nccs3)c2)n1. The second kappa shape index (κ2) is 7.84. The molecule has 1 aromatic carbocycles. The third kappa shape index (κ3) is 3.98. The van der Waals surface area contributed by atoms with Gasteiger partial charge < -0.3 is 10.2 Å². The Balaban J connectivity index is 1.53. The van der Waals surface area contributed by atoms with Crippen molar-refractivity contribution >= 4 is 23.1 Å². The Bertz CT molecular complexity index is 928. The number of carbonyl (C=O) groups excluding carboxylic acids is 1. The van der Waals surface area contributed by atoms with E-state index in [1.165, 1.54) is 0 Å². The zero-order chi connectivity index (χ0) is 18.6. The summed E-state index contributed by atoms with van der Waals surface area (Å²) < 4.78 is 0. The summed E-state index contributed by atoms with van der Waals surface area (Å²) in [6.07, 6.45) is 6.65. The van der Waals surface area contributed by atoms with Gasteiger partial charge >= 0.3 is 6.03 Å². The first kappa shape index (κ1) is 17.6. The van der Waals surface area contributed by atoms with E-state index in [0.29, 0.717) is 0 Å². The largest absolute Gasteiger partial charge is 0.322 e. The van der Waals surface area contributed by atoms with Gasteiger partial charge in [0.1, 0.15) is 10.8 Å². The number of anilines is 1. The van der Waals surface area contributed by atoms with Crippen molar-refractivity contribution in [2.45, 2.75) is 32.2 Å². The summed E-state index contributed by atoms with van der Waals surface area (Å²) in [5.74, 6) is 0.724. The van der Waals surface area contributed by atoms with E-state index in [1.54, 1.807) is 23.7 Å². The van der Waals surface area contributed by atoms with E-state index in [-0.39, 0.29) is 12.1 Å². The van der Waals surface area contributed by atoms with Crippen molar-refractivity contribution in [3.05, 3.63) is 58.9 Å². The molecule has 3 aromatic rings. The monoisotopic (exact) mass is 379 g/mol. The summed E-state index contributed by atoms with van der Waals surface area (Å²) in [5.41, 5.74) is 2.56. The first-order chi connectivity index (χ1) is 13.2. The number of carbonyl (C=O) groups is 1. The Morgan fingerprint density at radius 1 is 1.22 bits per heavy atom. The predicted octanol–water partition coefficient (Wildman–Crippen LogP) is 4.67. The van der Waals surface area contributed by atoms with Crippen LogP contribution in [0, 0.1) is 6.92 Å². The molecule has 1 aliphatic rings. The number of amides is 2. The third-order valence-electron chi connectivity index (χ3n) is 4.69. The summed E-state index contributed by atoms with van der Waals surface area (Å²) in [6, 6.07) is 9.61. The molecule has 0 aliphatic carbocycles. The topological polar surface area (TPSA) is 71.0 Å². The molecular weight excluding hydrogens is 358 g/mol. The summed E-state index contributed by atoms with van der Waals surface area (Å²) in [4.78, 5) is 27.9. The second-order valence-electron chi connectivity index (χ2n) is 6.58. The highest BCUT2D eigenvalue weighted by atomic mass is 32.1. The molecule has 0 unspecified atom stereocenters. The molecule has 4 rings (SSSR count). The number of likely N-dealkylation sites (tertiary alicyclic amines) is 1. The summed E-state index contributed by atoms with van der Waals surface area (Å²) in [7, 11) is 0. The highest BCUT2D eigenvalue weighted by Gasteiger charge is 2.29. The van der Waals surface area contributed by atoms with Gasteiger partial charge in [0.25, 0.3) is 0 Å². The lowest BCUT2D eigenvalue weighted by Gasteiger charge is -2.34. The Labute approximate surface area is 162 Å². The van der Waals surface area contributed by atoms with Gasteiger partial charge in [0.2, 0.25) is 0 Å². The molecule has 2 aromatic heterocycles. The number of aromatic nitrogens is 3. The molecule has 0 spiro atoms. The van der Waals surface area contributed by atoms with Crippen molar-refractivity contribution < 1.29 is 4.79 Å². The lowest BCUT2D eigenvalue weighted by atomic mass is 10.0. The first-order valence-corrected chi connectivity index (χ1v) is 9.96. The molecule has 0 radical (unpaired) electrons. The number of benzene rings is 1. The van der Waals surface area contributed by atoms with Crippen LogP contribution in [0.5, 0.6) is 0 Å². The van der Waals surface area contributed by atoms with Gasteiger partial charge in [0, 0.05) is 35.6 Å². The molecule has 1 fully saturated rings. The molecule has 27 heavy (non-hydrogen) atoms. The van der Waals surface area contributed by atoms with Gasteiger partial charge in [-0.25, -0.2) is 19.7 Å². The van der Waals surface area contributed by atoms with Gasteiger partial charge in [-0.05, 0) is 44.4 Å². The molecule has 6 nitrogen and oxygen atoms in total. The first-order valence-electron chi connectivity index (χ1n) is 9.08. The number of nitrogens with zero attached hydrogens (tertiary/aromatic N) is 4. The standard InChI is InChI=1S/C20H21N5OS/c1-14-21-9-8-17(23-14)15-5-4-6-16(13-15)24-20(26)25-11-3-2-7-18(25)19-22-10-12-27-19/h4-6,8-10,12-13,18H,2-3,7,11H2,1H3,(H,24,26)/t18-/m0/s1. The Kier molecular flexibility index (Phi) is 5.11. The van der Waals surface area contributed by atoms with Crippen molar-refractivity contribution in [2.75, 3.05) is 11.9 Å². The number of piperidine rings is 1. The molecule has 1 aliphatic heterocycles. The molecule has 0 saturated carbocycles. The van der Waals surface area contributed by atoms with Crippen LogP contribution < -0.4 is 5.32 Å². The normalized spacial score (nSPS) is 16.9. The number of rotatable bonds is 3. The lowest BCUT2D eigenvalue weighted by molar-refractivity contribution is 0.163. The van der Waals surface area contributed by atoms with Crippen molar-refractivity contribution in [1.29, 1.82) is 0 Å². The zero-order valence-corrected chi connectivity index (χ0v) is 15.9. The van der Waals surface area contributed by atoms with Crippen LogP contribution in [0.4, 0.5) is 10.5 Å². The molecule has 1 saturated heterocycles. The number of aryl methyl sites for hydroxylation is 1. The van der Waals surface area contributed by atoms with E-state index in [1.807, 2.05) is 47.5 Å². The smallest absolute Gasteiger partial charge is 0.315 e. The van der Waals surface area contributed by atoms with Crippen molar-refractivity contribution in [3.63, 3.8) is 0 Å². The molecule has 1 atom stereocenters. The van der Waals surface area contributed by atoms with E-state index in [4.69, 9.17) is 0 Å². The fourth-order valence-corrected chi connectivity index (χ4v) is 4.18. The summed E-state index contributed by atoms with van der Waals surface area (Å²) >= 11 is 1.61. The molecule has 0 bridgehead atoms. The van der Waals surface area contributed by atoms with Gasteiger partial charge in [-0.1, -0.05) is 12.1 Å². The van der Waals surface area contributed by atoms with Crippen LogP contribution in [0.2, 0.25) is 0 Å². The molecule has 138 valence electrons. The maximum absolute atomic E-state index is 12.9. The number of hydrogen-bond donors (Lipinski definition) is 1. The summed E-state index contributed by atoms with van der Waals surface area (Å²) in [5, 5.41) is 6.02. The molecule has 7 heteroatoms. The van der Waals surface area contributed by atoms with E-state index >= 15 is 0 Å². The molecule has 3 heterocycles. The zero-order valence-electron chi connectivity index (χ0n) is 15.1. The Morgan fingerprint density at radius 2 is 2.15 bits per heavy atom. The maximum atomic E-state index is 12.9. The van der Waals surface area contributed by atoms with Crippen LogP contribution in [0.1, 0.15) is 36.1 Å². The maximum Gasteiger partial charge on any atom is 0.322 e. The van der Waals surface area contributed by atoms with Crippen LogP contribution in [0.25, 0.3) is 11.3 Å². The molecule has 1 N–H and O–H groups in total. The highest BCUT2D eigenvalue weighted by Crippen LogP contribution is 2.32. The summed E-state index contributed by atoms with van der Waals surface area (Å²) in [6.45, 7) is 2.62. The molecule has 2 amide bonds. The van der Waals surface area contributed by atoms with Gasteiger partial charge in [0.15, 0.2) is 0 Å². The van der Waals surface area contributed by atoms with E-state index in [2.05, 4.69) is 20.3 Å². The minimum absolute atomic E-state index is 0.0615.